The molecule has 0 aromatic rings. The minimum atomic E-state index is -7.64. The molecule has 0 saturated heterocycles. The van der Waals surface area contributed by atoms with Gasteiger partial charge < -0.3 is 9.84 Å². The fraction of sp³-hybridized carbons (Fsp3) is 0.692. The van der Waals surface area contributed by atoms with Crippen LogP contribution < -0.4 is 0 Å². The molecule has 0 rings (SSSR count). The van der Waals surface area contributed by atoms with Crippen molar-refractivity contribution < 1.29 is 67.7 Å². The molecule has 1 N–H and O–H groups in total. The average molecular weight is 440 g/mol. The second kappa shape index (κ2) is 7.73. The van der Waals surface area contributed by atoms with Crippen LogP contribution in [0.3, 0.4) is 0 Å². The van der Waals surface area contributed by atoms with Gasteiger partial charge in [0, 0.05) is 12.2 Å². The van der Waals surface area contributed by atoms with Gasteiger partial charge in [-0.2, -0.15) is 48.3 Å². The zero-order valence-electron chi connectivity index (χ0n) is 13.6. The Morgan fingerprint density at radius 3 is 1.54 bits per heavy atom. The molecule has 164 valence electrons. The summed E-state index contributed by atoms with van der Waals surface area (Å²) in [5, 5.41) is 8.22. The van der Waals surface area contributed by atoms with Crippen molar-refractivity contribution in [3.8, 4) is 0 Å². The average Bonchev–Trinajstić information content (AvgIpc) is 2.48. The van der Waals surface area contributed by atoms with E-state index in [1.165, 1.54) is 0 Å². The Morgan fingerprint density at radius 1 is 0.786 bits per heavy atom. The van der Waals surface area contributed by atoms with Crippen molar-refractivity contribution in [2.24, 2.45) is 5.92 Å². The van der Waals surface area contributed by atoms with E-state index in [0.29, 0.717) is 13.8 Å². The van der Waals surface area contributed by atoms with Crippen LogP contribution in [-0.2, 0) is 14.3 Å². The maximum absolute atomic E-state index is 13.9. The van der Waals surface area contributed by atoms with E-state index in [9.17, 15) is 57.9 Å². The summed E-state index contributed by atoms with van der Waals surface area (Å²) in [6, 6.07) is 0. The maximum atomic E-state index is 13.9. The highest BCUT2D eigenvalue weighted by atomic mass is 19.4. The number of halogens is 11. The van der Waals surface area contributed by atoms with Crippen molar-refractivity contribution in [1.29, 1.82) is 0 Å². The summed E-state index contributed by atoms with van der Waals surface area (Å²) in [5.41, 5.74) is 0. The molecule has 0 bridgehead atoms. The van der Waals surface area contributed by atoms with E-state index in [4.69, 9.17) is 5.11 Å². The maximum Gasteiger partial charge on any atom is 0.460 e. The minimum absolute atomic E-state index is 0.0254. The number of ether oxygens (including phenoxy) is 1. The van der Waals surface area contributed by atoms with Gasteiger partial charge in [-0.05, 0) is 5.92 Å². The molecule has 0 amide bonds. The second-order valence-electron chi connectivity index (χ2n) is 5.62. The lowest BCUT2D eigenvalue weighted by atomic mass is 9.89. The van der Waals surface area contributed by atoms with E-state index >= 15 is 0 Å². The molecule has 4 nitrogen and oxygen atoms in total. The molecule has 1 unspecified atom stereocenters. The molecule has 0 aliphatic carbocycles. The van der Waals surface area contributed by atoms with Crippen LogP contribution in [0, 0.1) is 5.92 Å². The van der Waals surface area contributed by atoms with Gasteiger partial charge >= 0.3 is 41.8 Å². The van der Waals surface area contributed by atoms with Gasteiger partial charge in [-0.1, -0.05) is 13.8 Å². The smallest absolute Gasteiger partial charge is 0.460 e. The van der Waals surface area contributed by atoms with Crippen LogP contribution in [0.5, 0.6) is 0 Å². The standard InChI is InChI=1S/C13H11F11O4/c1-5(2)8(28-7(27)4-3-6(25)26)9(14,15)10(16,17)11(18,19)12(20,21)13(22,23)24/h3-5,8H,1-2H3,(H,25,26)/b4-3+. The van der Waals surface area contributed by atoms with Crippen LogP contribution >= 0.6 is 0 Å². The molecule has 0 aromatic heterocycles. The monoisotopic (exact) mass is 440 g/mol. The van der Waals surface area contributed by atoms with Gasteiger partial charge in [0.2, 0.25) is 0 Å². The molecule has 0 aliphatic rings. The fourth-order valence-electron chi connectivity index (χ4n) is 1.70. The van der Waals surface area contributed by atoms with E-state index in [1.54, 1.807) is 0 Å². The number of carboxylic acids is 1. The predicted octanol–water partition coefficient (Wildman–Crippen LogP) is 4.30. The molecular formula is C13H11F11O4. The number of rotatable bonds is 8. The second-order valence-corrected chi connectivity index (χ2v) is 5.62. The fourth-order valence-corrected chi connectivity index (χ4v) is 1.70. The number of aliphatic carboxylic acids is 1. The topological polar surface area (TPSA) is 63.6 Å². The number of carbonyl (C=O) groups excluding carboxylic acids is 1. The lowest BCUT2D eigenvalue weighted by Crippen LogP contribution is -2.69. The lowest BCUT2D eigenvalue weighted by molar-refractivity contribution is -0.429. The van der Waals surface area contributed by atoms with Crippen LogP contribution in [0.2, 0.25) is 0 Å². The summed E-state index contributed by atoms with van der Waals surface area (Å²) in [6.45, 7) is 1.14. The predicted molar refractivity (Wildman–Crippen MR) is 67.3 cm³/mol. The SMILES string of the molecule is CC(C)C(OC(=O)/C=C/C(=O)O)C(F)(F)C(F)(F)C(F)(F)C(F)(F)C(F)(F)F. The molecule has 0 spiro atoms. The first-order valence-electron chi connectivity index (χ1n) is 6.84. The first-order valence-corrected chi connectivity index (χ1v) is 6.84. The van der Waals surface area contributed by atoms with Crippen LogP contribution in [0.4, 0.5) is 48.3 Å². The number of carbonyl (C=O) groups is 2. The Morgan fingerprint density at radius 2 is 1.21 bits per heavy atom. The molecule has 1 atom stereocenters. The number of hydrogen-bond donors (Lipinski definition) is 1. The van der Waals surface area contributed by atoms with Crippen LogP contribution in [0.25, 0.3) is 0 Å². The number of alkyl halides is 11. The van der Waals surface area contributed by atoms with Gasteiger partial charge in [0.15, 0.2) is 6.10 Å². The first kappa shape index (κ1) is 25.9. The van der Waals surface area contributed by atoms with Crippen LogP contribution in [-0.4, -0.2) is 53.0 Å². The van der Waals surface area contributed by atoms with Crippen LogP contribution in [0.1, 0.15) is 13.8 Å². The Balaban J connectivity index is 6.18. The summed E-state index contributed by atoms with van der Waals surface area (Å²) in [7, 11) is 0. The van der Waals surface area contributed by atoms with E-state index in [2.05, 4.69) is 4.74 Å². The van der Waals surface area contributed by atoms with Crippen molar-refractivity contribution in [1.82, 2.24) is 0 Å². The Kier molecular flexibility index (Phi) is 7.16. The zero-order valence-corrected chi connectivity index (χ0v) is 13.6. The van der Waals surface area contributed by atoms with Crippen molar-refractivity contribution in [2.75, 3.05) is 0 Å². The van der Waals surface area contributed by atoms with E-state index in [0.717, 1.165) is 0 Å². The van der Waals surface area contributed by atoms with Crippen molar-refractivity contribution in [2.45, 2.75) is 49.8 Å². The van der Waals surface area contributed by atoms with Gasteiger partial charge in [-0.15, -0.1) is 0 Å². The van der Waals surface area contributed by atoms with Gasteiger partial charge in [0.05, 0.1) is 0 Å². The molecule has 15 heteroatoms. The van der Waals surface area contributed by atoms with Crippen molar-refractivity contribution in [3.05, 3.63) is 12.2 Å². The Hall–Kier alpha value is -2.09. The third-order valence-corrected chi connectivity index (χ3v) is 3.13. The van der Waals surface area contributed by atoms with Crippen molar-refractivity contribution in [3.63, 3.8) is 0 Å². The molecule has 0 heterocycles. The van der Waals surface area contributed by atoms with Crippen molar-refractivity contribution >= 4 is 11.9 Å². The summed E-state index contributed by atoms with van der Waals surface area (Å²) in [4.78, 5) is 21.3. The van der Waals surface area contributed by atoms with E-state index in [1.807, 2.05) is 0 Å². The van der Waals surface area contributed by atoms with Gasteiger partial charge in [-0.3, -0.25) is 0 Å². The number of carboxylic acid groups (broad SMARTS) is 1. The molecule has 0 radical (unpaired) electrons. The van der Waals surface area contributed by atoms with Crippen LogP contribution in [0.15, 0.2) is 12.2 Å². The first-order chi connectivity index (χ1) is 12.1. The van der Waals surface area contributed by atoms with Gasteiger partial charge in [0.1, 0.15) is 0 Å². The largest absolute Gasteiger partial charge is 0.478 e. The third kappa shape index (κ3) is 4.48. The number of esters is 1. The highest BCUT2D eigenvalue weighted by Gasteiger charge is 2.88. The molecule has 0 fully saturated rings. The quantitative estimate of drug-likeness (QED) is 0.348. The normalized spacial score (nSPS) is 15.8. The Labute approximate surface area is 148 Å². The molecule has 28 heavy (non-hydrogen) atoms. The Bertz CT molecular complexity index is 622. The molecular weight excluding hydrogens is 429 g/mol. The number of hydrogen-bond acceptors (Lipinski definition) is 3. The lowest BCUT2D eigenvalue weighted by Gasteiger charge is -2.40. The third-order valence-electron chi connectivity index (χ3n) is 3.13. The van der Waals surface area contributed by atoms with E-state index in [-0.39, 0.29) is 12.2 Å². The summed E-state index contributed by atoms with van der Waals surface area (Å²) >= 11 is 0. The summed E-state index contributed by atoms with van der Waals surface area (Å²) in [6.07, 6.45) is -11.1. The highest BCUT2D eigenvalue weighted by Crippen LogP contribution is 2.58. The summed E-state index contributed by atoms with van der Waals surface area (Å²) in [5.74, 6) is -34.9. The molecule has 0 aliphatic heterocycles. The molecule has 0 saturated carbocycles. The van der Waals surface area contributed by atoms with Gasteiger partial charge in [-0.25, -0.2) is 9.59 Å². The highest BCUT2D eigenvalue weighted by molar-refractivity contribution is 5.90. The molecule has 0 aromatic carbocycles. The van der Waals surface area contributed by atoms with Gasteiger partial charge in [0.25, 0.3) is 0 Å². The minimum Gasteiger partial charge on any atom is -0.478 e. The zero-order chi connectivity index (χ0) is 22.9. The van der Waals surface area contributed by atoms with E-state index < -0.39 is 53.8 Å². The summed E-state index contributed by atoms with van der Waals surface area (Å²) < 4.78 is 147.